The molecule has 0 aliphatic heterocycles. The summed E-state index contributed by atoms with van der Waals surface area (Å²) in [5, 5.41) is 12.7. The van der Waals surface area contributed by atoms with E-state index >= 15 is 0 Å². The number of esters is 1. The van der Waals surface area contributed by atoms with Gasteiger partial charge in [0.2, 0.25) is 0 Å². The highest BCUT2D eigenvalue weighted by atomic mass is 16.5. The molecule has 0 spiro atoms. The second-order valence-electron chi connectivity index (χ2n) is 3.15. The molecule has 6 heteroatoms. The third kappa shape index (κ3) is 7.87. The molecule has 0 radical (unpaired) electrons. The first kappa shape index (κ1) is 13.8. The maximum Gasteiger partial charge on any atom is 0.305 e. The number of hydrogen-bond acceptors (Lipinski definition) is 5. The van der Waals surface area contributed by atoms with Gasteiger partial charge in [0.05, 0.1) is 12.4 Å². The van der Waals surface area contributed by atoms with Gasteiger partial charge in [0.25, 0.3) is 0 Å². The summed E-state index contributed by atoms with van der Waals surface area (Å²) in [6.07, 6.45) is 2.23. The number of nitrogens with zero attached hydrogens (tertiary/aromatic N) is 2. The average Bonchev–Trinajstić information content (AvgIpc) is 2.26. The van der Waals surface area contributed by atoms with Crippen molar-refractivity contribution in [1.82, 2.24) is 5.01 Å². The van der Waals surface area contributed by atoms with Crippen molar-refractivity contribution in [2.75, 3.05) is 26.8 Å². The molecule has 0 bridgehead atoms. The van der Waals surface area contributed by atoms with Gasteiger partial charge in [0, 0.05) is 26.1 Å². The van der Waals surface area contributed by atoms with E-state index in [1.165, 1.54) is 12.1 Å². The van der Waals surface area contributed by atoms with E-state index in [2.05, 4.69) is 10.0 Å². The van der Waals surface area contributed by atoms with Crippen molar-refractivity contribution in [1.29, 1.82) is 0 Å². The van der Waals surface area contributed by atoms with Crippen LogP contribution in [0.2, 0.25) is 0 Å². The number of hydrogen-bond donors (Lipinski definition) is 1. The van der Waals surface area contributed by atoms with Gasteiger partial charge in [-0.15, -0.1) is 4.91 Å². The van der Waals surface area contributed by atoms with Crippen molar-refractivity contribution in [3.63, 3.8) is 0 Å². The molecule has 0 atom stereocenters. The number of aliphatic hydroxyl groups is 1. The molecule has 0 heterocycles. The summed E-state index contributed by atoms with van der Waals surface area (Å²) in [4.78, 5) is 21.1. The van der Waals surface area contributed by atoms with E-state index in [-0.39, 0.29) is 12.6 Å². The fourth-order valence-electron chi connectivity index (χ4n) is 1.11. The summed E-state index contributed by atoms with van der Waals surface area (Å²) in [5.74, 6) is -0.281. The Kier molecular flexibility index (Phi) is 8.66. The molecular weight excluding hydrogens is 200 g/mol. The van der Waals surface area contributed by atoms with Crippen molar-refractivity contribution in [2.24, 2.45) is 5.29 Å². The summed E-state index contributed by atoms with van der Waals surface area (Å²) < 4.78 is 4.46. The highest BCUT2D eigenvalue weighted by Crippen LogP contribution is 2.00. The minimum absolute atomic E-state index is 0.120. The normalized spacial score (nSPS) is 9.73. The minimum Gasteiger partial charge on any atom is -0.469 e. The Balaban J connectivity index is 3.52. The van der Waals surface area contributed by atoms with Gasteiger partial charge in [-0.05, 0) is 19.3 Å². The number of carbonyl (C=O) groups excluding carboxylic acids is 1. The van der Waals surface area contributed by atoms with E-state index in [0.29, 0.717) is 32.4 Å². The van der Waals surface area contributed by atoms with Gasteiger partial charge in [-0.3, -0.25) is 9.80 Å². The molecule has 0 rings (SSSR count). The summed E-state index contributed by atoms with van der Waals surface area (Å²) >= 11 is 0. The Morgan fingerprint density at radius 1 is 1.33 bits per heavy atom. The largest absolute Gasteiger partial charge is 0.469 e. The van der Waals surface area contributed by atoms with Crippen LogP contribution >= 0.6 is 0 Å². The number of ether oxygens (including phenoxy) is 1. The molecule has 0 saturated carbocycles. The molecule has 0 aliphatic carbocycles. The second kappa shape index (κ2) is 9.39. The number of methoxy groups -OCH3 is 1. The molecule has 0 aromatic rings. The smallest absolute Gasteiger partial charge is 0.305 e. The minimum atomic E-state index is -0.281. The lowest BCUT2D eigenvalue weighted by Gasteiger charge is -2.13. The predicted molar refractivity (Wildman–Crippen MR) is 54.9 cm³/mol. The fraction of sp³-hybridized carbons (Fsp3) is 0.889. The summed E-state index contributed by atoms with van der Waals surface area (Å²) in [6.45, 7) is 1.09. The molecule has 1 N–H and O–H groups in total. The van der Waals surface area contributed by atoms with E-state index in [9.17, 15) is 9.70 Å². The van der Waals surface area contributed by atoms with Crippen LogP contribution in [0.4, 0.5) is 0 Å². The zero-order valence-electron chi connectivity index (χ0n) is 9.02. The van der Waals surface area contributed by atoms with E-state index in [1.54, 1.807) is 0 Å². The third-order valence-corrected chi connectivity index (χ3v) is 1.96. The van der Waals surface area contributed by atoms with Gasteiger partial charge in [0.1, 0.15) is 0 Å². The topological polar surface area (TPSA) is 79.2 Å². The van der Waals surface area contributed by atoms with E-state index in [1.807, 2.05) is 0 Å². The number of nitroso groups, excluding NO2 is 1. The zero-order chi connectivity index (χ0) is 11.5. The molecule has 0 saturated heterocycles. The SMILES string of the molecule is COC(=O)CCCN(CCCCO)N=O. The fourth-order valence-corrected chi connectivity index (χ4v) is 1.11. The van der Waals surface area contributed by atoms with Gasteiger partial charge >= 0.3 is 5.97 Å². The quantitative estimate of drug-likeness (QED) is 0.266. The maximum atomic E-state index is 10.8. The number of unbranched alkanes of at least 4 members (excludes halogenated alkanes) is 1. The van der Waals surface area contributed by atoms with Crippen LogP contribution in [-0.4, -0.2) is 42.9 Å². The average molecular weight is 218 g/mol. The number of rotatable bonds is 9. The highest BCUT2D eigenvalue weighted by Gasteiger charge is 2.05. The zero-order valence-corrected chi connectivity index (χ0v) is 9.02. The Morgan fingerprint density at radius 2 is 2.00 bits per heavy atom. The second-order valence-corrected chi connectivity index (χ2v) is 3.15. The number of aliphatic hydroxyl groups excluding tert-OH is 1. The van der Waals surface area contributed by atoms with Gasteiger partial charge in [-0.2, -0.15) is 0 Å². The standard InChI is InChI=1S/C9H18N2O4/c1-15-9(13)5-4-7-11(10-14)6-2-3-8-12/h12H,2-8H2,1H3. The van der Waals surface area contributed by atoms with Crippen LogP contribution in [0.1, 0.15) is 25.7 Å². The van der Waals surface area contributed by atoms with Crippen molar-refractivity contribution in [2.45, 2.75) is 25.7 Å². The van der Waals surface area contributed by atoms with Gasteiger partial charge in [-0.25, -0.2) is 0 Å². The Hall–Kier alpha value is -1.17. The van der Waals surface area contributed by atoms with E-state index in [0.717, 1.165) is 6.42 Å². The Labute approximate surface area is 89.2 Å². The van der Waals surface area contributed by atoms with Crippen LogP contribution in [0.5, 0.6) is 0 Å². The molecule has 0 aromatic heterocycles. The molecular formula is C9H18N2O4. The monoisotopic (exact) mass is 218 g/mol. The first-order chi connectivity index (χ1) is 7.24. The summed E-state index contributed by atoms with van der Waals surface area (Å²) in [7, 11) is 1.33. The van der Waals surface area contributed by atoms with Crippen molar-refractivity contribution >= 4 is 5.97 Å². The van der Waals surface area contributed by atoms with Gasteiger partial charge < -0.3 is 9.84 Å². The van der Waals surface area contributed by atoms with Crippen molar-refractivity contribution in [3.05, 3.63) is 4.91 Å². The predicted octanol–water partition coefficient (Wildman–Crippen LogP) is 0.696. The molecule has 0 amide bonds. The Morgan fingerprint density at radius 3 is 2.53 bits per heavy atom. The molecule has 0 aliphatic rings. The molecule has 0 fully saturated rings. The summed E-state index contributed by atoms with van der Waals surface area (Å²) in [6, 6.07) is 0. The van der Waals surface area contributed by atoms with E-state index < -0.39 is 0 Å². The maximum absolute atomic E-state index is 10.8. The molecule has 0 unspecified atom stereocenters. The molecule has 6 nitrogen and oxygen atoms in total. The lowest BCUT2D eigenvalue weighted by molar-refractivity contribution is -0.140. The number of carbonyl (C=O) groups is 1. The van der Waals surface area contributed by atoms with Gasteiger partial charge in [-0.1, -0.05) is 0 Å². The lowest BCUT2D eigenvalue weighted by Crippen LogP contribution is -2.20. The summed E-state index contributed by atoms with van der Waals surface area (Å²) in [5.41, 5.74) is 0. The van der Waals surface area contributed by atoms with Crippen LogP contribution in [0.25, 0.3) is 0 Å². The molecule has 0 aromatic carbocycles. The third-order valence-electron chi connectivity index (χ3n) is 1.96. The molecule has 15 heavy (non-hydrogen) atoms. The van der Waals surface area contributed by atoms with Crippen molar-refractivity contribution in [3.8, 4) is 0 Å². The van der Waals surface area contributed by atoms with Crippen LogP contribution in [-0.2, 0) is 9.53 Å². The molecule has 88 valence electrons. The van der Waals surface area contributed by atoms with Crippen LogP contribution in [0.15, 0.2) is 5.29 Å². The highest BCUT2D eigenvalue weighted by molar-refractivity contribution is 5.69. The van der Waals surface area contributed by atoms with E-state index in [4.69, 9.17) is 5.11 Å². The Bertz CT molecular complexity index is 187. The van der Waals surface area contributed by atoms with Crippen LogP contribution in [0, 0.1) is 4.91 Å². The van der Waals surface area contributed by atoms with Crippen LogP contribution < -0.4 is 0 Å². The first-order valence-corrected chi connectivity index (χ1v) is 5.00. The van der Waals surface area contributed by atoms with Crippen molar-refractivity contribution < 1.29 is 14.6 Å². The lowest BCUT2D eigenvalue weighted by atomic mass is 10.3. The van der Waals surface area contributed by atoms with Gasteiger partial charge in [0.15, 0.2) is 0 Å². The van der Waals surface area contributed by atoms with Crippen LogP contribution in [0.3, 0.4) is 0 Å². The first-order valence-electron chi connectivity index (χ1n) is 5.00.